The first-order chi connectivity index (χ1) is 9.74. The van der Waals surface area contributed by atoms with E-state index in [1.807, 2.05) is 17.5 Å². The van der Waals surface area contributed by atoms with Gasteiger partial charge in [0.1, 0.15) is 0 Å². The van der Waals surface area contributed by atoms with E-state index in [0.717, 1.165) is 12.1 Å². The molecule has 1 unspecified atom stereocenters. The van der Waals surface area contributed by atoms with Gasteiger partial charge in [-0.1, -0.05) is 12.1 Å². The van der Waals surface area contributed by atoms with Crippen LogP contribution in [0.1, 0.15) is 16.5 Å². The van der Waals surface area contributed by atoms with Gasteiger partial charge in [-0.15, -0.1) is 11.3 Å². The van der Waals surface area contributed by atoms with E-state index in [2.05, 4.69) is 11.4 Å². The number of hydrogen-bond acceptors (Lipinski definition) is 5. The van der Waals surface area contributed by atoms with Gasteiger partial charge < -0.3 is 19.9 Å². The molecule has 0 aliphatic carbocycles. The predicted octanol–water partition coefficient (Wildman–Crippen LogP) is 2.59. The summed E-state index contributed by atoms with van der Waals surface area (Å²) in [5.41, 5.74) is 0.807. The minimum absolute atomic E-state index is 0.493. The van der Waals surface area contributed by atoms with Gasteiger partial charge in [0.25, 0.3) is 0 Å². The third-order valence-electron chi connectivity index (χ3n) is 3.01. The molecule has 1 aromatic carbocycles. The van der Waals surface area contributed by atoms with Gasteiger partial charge >= 0.3 is 0 Å². The molecular formula is C15H19NO3S. The Hall–Kier alpha value is -1.56. The number of ether oxygens (including phenoxy) is 2. The quantitative estimate of drug-likeness (QED) is 0.824. The first kappa shape index (κ1) is 14.8. The normalized spacial score (nSPS) is 12.2. The maximum atomic E-state index is 10.2. The molecular weight excluding hydrogens is 274 g/mol. The van der Waals surface area contributed by atoms with Crippen LogP contribution in [0, 0.1) is 0 Å². The van der Waals surface area contributed by atoms with E-state index in [1.165, 1.54) is 4.88 Å². The van der Waals surface area contributed by atoms with Crippen molar-refractivity contribution in [2.45, 2.75) is 12.6 Å². The summed E-state index contributed by atoms with van der Waals surface area (Å²) in [7, 11) is 3.18. The molecule has 0 fully saturated rings. The summed E-state index contributed by atoms with van der Waals surface area (Å²) in [4.78, 5) is 1.25. The highest BCUT2D eigenvalue weighted by atomic mass is 32.1. The van der Waals surface area contributed by atoms with Crippen molar-refractivity contribution in [3.8, 4) is 11.5 Å². The van der Waals surface area contributed by atoms with E-state index in [0.29, 0.717) is 18.0 Å². The number of aliphatic hydroxyl groups is 1. The number of benzene rings is 1. The van der Waals surface area contributed by atoms with E-state index in [4.69, 9.17) is 9.47 Å². The van der Waals surface area contributed by atoms with Gasteiger partial charge in [-0.05, 0) is 29.1 Å². The molecule has 1 atom stereocenters. The van der Waals surface area contributed by atoms with Crippen molar-refractivity contribution < 1.29 is 14.6 Å². The fraction of sp³-hybridized carbons (Fsp3) is 0.333. The summed E-state index contributed by atoms with van der Waals surface area (Å²) < 4.78 is 10.4. The average molecular weight is 293 g/mol. The largest absolute Gasteiger partial charge is 0.493 e. The van der Waals surface area contributed by atoms with Crippen LogP contribution in [0.5, 0.6) is 11.5 Å². The molecule has 4 nitrogen and oxygen atoms in total. The fourth-order valence-electron chi connectivity index (χ4n) is 1.92. The molecule has 20 heavy (non-hydrogen) atoms. The minimum Gasteiger partial charge on any atom is -0.493 e. The van der Waals surface area contributed by atoms with Gasteiger partial charge in [-0.3, -0.25) is 0 Å². The van der Waals surface area contributed by atoms with Crippen LogP contribution in [0.3, 0.4) is 0 Å². The zero-order valence-electron chi connectivity index (χ0n) is 11.6. The Labute approximate surface area is 123 Å². The van der Waals surface area contributed by atoms with Gasteiger partial charge in [-0.25, -0.2) is 0 Å². The molecule has 2 N–H and O–H groups in total. The molecule has 0 spiro atoms. The van der Waals surface area contributed by atoms with E-state index in [9.17, 15) is 5.11 Å². The summed E-state index contributed by atoms with van der Waals surface area (Å²) in [6, 6.07) is 9.54. The summed E-state index contributed by atoms with van der Waals surface area (Å²) >= 11 is 1.70. The maximum absolute atomic E-state index is 10.2. The van der Waals surface area contributed by atoms with Crippen molar-refractivity contribution in [1.82, 2.24) is 5.32 Å². The maximum Gasteiger partial charge on any atom is 0.161 e. The molecule has 1 aromatic heterocycles. The Bertz CT molecular complexity index is 528. The molecule has 0 saturated carbocycles. The van der Waals surface area contributed by atoms with Gasteiger partial charge in [-0.2, -0.15) is 0 Å². The van der Waals surface area contributed by atoms with Crippen LogP contribution in [0.2, 0.25) is 0 Å². The second-order valence-electron chi connectivity index (χ2n) is 4.34. The van der Waals surface area contributed by atoms with Gasteiger partial charge in [0.15, 0.2) is 11.5 Å². The van der Waals surface area contributed by atoms with Crippen molar-refractivity contribution in [2.75, 3.05) is 20.8 Å². The first-order valence-corrected chi connectivity index (χ1v) is 7.25. The number of nitrogens with one attached hydrogen (secondary N) is 1. The third-order valence-corrected chi connectivity index (χ3v) is 3.89. The van der Waals surface area contributed by atoms with Crippen LogP contribution in [-0.2, 0) is 6.54 Å². The number of aliphatic hydroxyl groups excluding tert-OH is 1. The van der Waals surface area contributed by atoms with Crippen LogP contribution >= 0.6 is 11.3 Å². The molecule has 0 aliphatic heterocycles. The Kier molecular flexibility index (Phi) is 5.40. The third kappa shape index (κ3) is 3.72. The smallest absolute Gasteiger partial charge is 0.161 e. The molecule has 0 saturated heterocycles. The standard InChI is InChI=1S/C15H19NO3S/c1-18-14-6-5-11(8-15(14)19-2)13(17)10-16-9-12-4-3-7-20-12/h3-8,13,16-17H,9-10H2,1-2H3. The van der Waals surface area contributed by atoms with Crippen molar-refractivity contribution in [1.29, 1.82) is 0 Å². The van der Waals surface area contributed by atoms with Gasteiger partial charge in [0.2, 0.25) is 0 Å². The van der Waals surface area contributed by atoms with Crippen molar-refractivity contribution in [3.05, 3.63) is 46.2 Å². The van der Waals surface area contributed by atoms with Crippen LogP contribution in [0.15, 0.2) is 35.7 Å². The van der Waals surface area contributed by atoms with E-state index in [-0.39, 0.29) is 0 Å². The fourth-order valence-corrected chi connectivity index (χ4v) is 2.60. The van der Waals surface area contributed by atoms with Crippen molar-refractivity contribution in [2.24, 2.45) is 0 Å². The van der Waals surface area contributed by atoms with Crippen LogP contribution in [0.4, 0.5) is 0 Å². The Morgan fingerprint density at radius 1 is 1.20 bits per heavy atom. The topological polar surface area (TPSA) is 50.7 Å². The molecule has 5 heteroatoms. The Morgan fingerprint density at radius 2 is 2.00 bits per heavy atom. The molecule has 0 amide bonds. The summed E-state index contributed by atoms with van der Waals surface area (Å²) in [5.74, 6) is 1.29. The Morgan fingerprint density at radius 3 is 2.65 bits per heavy atom. The summed E-state index contributed by atoms with van der Waals surface area (Å²) in [5, 5.41) is 15.5. The molecule has 0 radical (unpaired) electrons. The van der Waals surface area contributed by atoms with Crippen molar-refractivity contribution in [3.63, 3.8) is 0 Å². The second-order valence-corrected chi connectivity index (χ2v) is 5.37. The zero-order valence-corrected chi connectivity index (χ0v) is 12.4. The molecule has 2 aromatic rings. The lowest BCUT2D eigenvalue weighted by atomic mass is 10.1. The van der Waals surface area contributed by atoms with Crippen LogP contribution in [-0.4, -0.2) is 25.9 Å². The van der Waals surface area contributed by atoms with E-state index < -0.39 is 6.10 Å². The zero-order chi connectivity index (χ0) is 14.4. The van der Waals surface area contributed by atoms with E-state index >= 15 is 0 Å². The highest BCUT2D eigenvalue weighted by Crippen LogP contribution is 2.29. The number of hydrogen-bond donors (Lipinski definition) is 2. The molecule has 108 valence electrons. The number of methoxy groups -OCH3 is 2. The highest BCUT2D eigenvalue weighted by molar-refractivity contribution is 7.09. The lowest BCUT2D eigenvalue weighted by molar-refractivity contribution is 0.174. The number of rotatable bonds is 7. The second kappa shape index (κ2) is 7.28. The molecule has 2 rings (SSSR count). The summed E-state index contributed by atoms with van der Waals surface area (Å²) in [6.07, 6.45) is -0.574. The Balaban J connectivity index is 1.93. The average Bonchev–Trinajstić information content (AvgIpc) is 2.99. The molecule has 0 bridgehead atoms. The summed E-state index contributed by atoms with van der Waals surface area (Å²) in [6.45, 7) is 1.26. The minimum atomic E-state index is -0.574. The van der Waals surface area contributed by atoms with Crippen LogP contribution < -0.4 is 14.8 Å². The molecule has 0 aliphatic rings. The molecule has 1 heterocycles. The lowest BCUT2D eigenvalue weighted by Gasteiger charge is -2.14. The number of thiophene rings is 1. The van der Waals surface area contributed by atoms with Gasteiger partial charge in [0, 0.05) is 18.0 Å². The monoisotopic (exact) mass is 293 g/mol. The van der Waals surface area contributed by atoms with Crippen LogP contribution in [0.25, 0.3) is 0 Å². The highest BCUT2D eigenvalue weighted by Gasteiger charge is 2.11. The predicted molar refractivity (Wildman–Crippen MR) is 80.5 cm³/mol. The SMILES string of the molecule is COc1ccc(C(O)CNCc2cccs2)cc1OC. The van der Waals surface area contributed by atoms with E-state index in [1.54, 1.807) is 37.7 Å². The first-order valence-electron chi connectivity index (χ1n) is 6.37. The van der Waals surface area contributed by atoms with Crippen molar-refractivity contribution >= 4 is 11.3 Å². The van der Waals surface area contributed by atoms with Gasteiger partial charge in [0.05, 0.1) is 20.3 Å². The lowest BCUT2D eigenvalue weighted by Crippen LogP contribution is -2.20.